The van der Waals surface area contributed by atoms with Gasteiger partial charge in [0.2, 0.25) is 0 Å². The van der Waals surface area contributed by atoms with Gasteiger partial charge in [0.05, 0.1) is 0 Å². The Morgan fingerprint density at radius 1 is 1.10 bits per heavy atom. The molecule has 6 nitrogen and oxygen atoms in total. The first-order chi connectivity index (χ1) is 9.88. The summed E-state index contributed by atoms with van der Waals surface area (Å²) in [5, 5.41) is 19.1. The lowest BCUT2D eigenvalue weighted by atomic mass is 10.1. The van der Waals surface area contributed by atoms with Gasteiger partial charge in [-0.15, -0.1) is 0 Å². The van der Waals surface area contributed by atoms with Crippen molar-refractivity contribution in [2.75, 3.05) is 13.2 Å². The first-order valence-electron chi connectivity index (χ1n) is 7.23. The quantitative estimate of drug-likeness (QED) is 0.340. The van der Waals surface area contributed by atoms with Crippen molar-refractivity contribution in [3.63, 3.8) is 0 Å². The smallest absolute Gasteiger partial charge is 0.335 e. The van der Waals surface area contributed by atoms with Crippen LogP contribution in [-0.2, 0) is 19.1 Å². The molecule has 0 aliphatic carbocycles. The first kappa shape index (κ1) is 19.6. The molecule has 0 fully saturated rings. The van der Waals surface area contributed by atoms with Gasteiger partial charge in [-0.1, -0.05) is 39.2 Å². The van der Waals surface area contributed by atoms with Crippen LogP contribution in [0.15, 0.2) is 12.2 Å². The van der Waals surface area contributed by atoms with Crippen molar-refractivity contribution in [2.24, 2.45) is 0 Å². The largest absolute Gasteiger partial charge is 0.461 e. The van der Waals surface area contributed by atoms with Crippen LogP contribution in [0.3, 0.4) is 0 Å². The predicted molar refractivity (Wildman–Crippen MR) is 77.5 cm³/mol. The molecule has 2 unspecified atom stereocenters. The standard InChI is InChI=1S/C15H26O6/c1-4-5-6-7-8-13(17)15(19)21-10-12(16)9-20-14(18)11(2)3/h12-13,16-17H,2,4-10H2,1,3H3. The first-order valence-corrected chi connectivity index (χ1v) is 7.23. The van der Waals surface area contributed by atoms with E-state index in [1.807, 2.05) is 0 Å². The molecule has 0 amide bonds. The van der Waals surface area contributed by atoms with Crippen LogP contribution in [-0.4, -0.2) is 47.6 Å². The lowest BCUT2D eigenvalue weighted by molar-refractivity contribution is -0.159. The summed E-state index contributed by atoms with van der Waals surface area (Å²) in [7, 11) is 0. The number of aliphatic hydroxyl groups is 2. The van der Waals surface area contributed by atoms with Crippen LogP contribution in [0.1, 0.15) is 46.0 Å². The molecule has 0 aliphatic heterocycles. The molecular weight excluding hydrogens is 276 g/mol. The van der Waals surface area contributed by atoms with Gasteiger partial charge in [-0.25, -0.2) is 9.59 Å². The van der Waals surface area contributed by atoms with Gasteiger partial charge >= 0.3 is 11.9 Å². The van der Waals surface area contributed by atoms with Gasteiger partial charge < -0.3 is 19.7 Å². The van der Waals surface area contributed by atoms with Crippen molar-refractivity contribution in [1.29, 1.82) is 0 Å². The van der Waals surface area contributed by atoms with Crippen molar-refractivity contribution in [3.05, 3.63) is 12.2 Å². The molecule has 2 N–H and O–H groups in total. The van der Waals surface area contributed by atoms with E-state index in [2.05, 4.69) is 13.5 Å². The van der Waals surface area contributed by atoms with E-state index in [0.29, 0.717) is 6.42 Å². The summed E-state index contributed by atoms with van der Waals surface area (Å²) in [5.41, 5.74) is 0.224. The summed E-state index contributed by atoms with van der Waals surface area (Å²) < 4.78 is 9.47. The molecule has 0 aromatic rings. The van der Waals surface area contributed by atoms with Gasteiger partial charge in [0.15, 0.2) is 6.10 Å². The zero-order valence-corrected chi connectivity index (χ0v) is 12.8. The summed E-state index contributed by atoms with van der Waals surface area (Å²) in [4.78, 5) is 22.5. The van der Waals surface area contributed by atoms with Gasteiger partial charge in [-0.05, 0) is 13.3 Å². The van der Waals surface area contributed by atoms with E-state index in [4.69, 9.17) is 9.47 Å². The van der Waals surface area contributed by atoms with Crippen molar-refractivity contribution in [2.45, 2.75) is 58.2 Å². The zero-order valence-electron chi connectivity index (χ0n) is 12.8. The molecule has 21 heavy (non-hydrogen) atoms. The molecule has 0 bridgehead atoms. The summed E-state index contributed by atoms with van der Waals surface area (Å²) in [5.74, 6) is -1.38. The van der Waals surface area contributed by atoms with E-state index in [9.17, 15) is 19.8 Å². The van der Waals surface area contributed by atoms with Gasteiger partial charge in [0, 0.05) is 5.57 Å². The monoisotopic (exact) mass is 302 g/mol. The Labute approximate surface area is 125 Å². The molecule has 122 valence electrons. The number of ether oxygens (including phenoxy) is 2. The fourth-order valence-electron chi connectivity index (χ4n) is 1.50. The fraction of sp³-hybridized carbons (Fsp3) is 0.733. The third-order valence-corrected chi connectivity index (χ3v) is 2.78. The average molecular weight is 302 g/mol. The third-order valence-electron chi connectivity index (χ3n) is 2.78. The number of carbonyl (C=O) groups excluding carboxylic acids is 2. The molecule has 0 aromatic heterocycles. The van der Waals surface area contributed by atoms with E-state index in [1.54, 1.807) is 0 Å². The van der Waals surface area contributed by atoms with Crippen LogP contribution in [0.2, 0.25) is 0 Å². The van der Waals surface area contributed by atoms with Crippen molar-refractivity contribution in [1.82, 2.24) is 0 Å². The van der Waals surface area contributed by atoms with Crippen molar-refractivity contribution < 1.29 is 29.3 Å². The number of rotatable bonds is 11. The summed E-state index contributed by atoms with van der Waals surface area (Å²) in [6.07, 6.45) is 1.91. The molecule has 6 heteroatoms. The highest BCUT2D eigenvalue weighted by atomic mass is 16.6. The van der Waals surface area contributed by atoms with Crippen molar-refractivity contribution in [3.8, 4) is 0 Å². The van der Waals surface area contributed by atoms with E-state index in [-0.39, 0.29) is 18.8 Å². The molecular formula is C15H26O6. The Hall–Kier alpha value is -1.40. The van der Waals surface area contributed by atoms with E-state index in [0.717, 1.165) is 25.7 Å². The van der Waals surface area contributed by atoms with Crippen LogP contribution in [0, 0.1) is 0 Å². The minimum Gasteiger partial charge on any atom is -0.461 e. The maximum atomic E-state index is 11.5. The molecule has 0 rings (SSSR count). The topological polar surface area (TPSA) is 93.1 Å². The molecule has 0 heterocycles. The normalized spacial score (nSPS) is 13.3. The molecule has 0 aliphatic rings. The lowest BCUT2D eigenvalue weighted by Crippen LogP contribution is -2.30. The van der Waals surface area contributed by atoms with Gasteiger partial charge in [0.25, 0.3) is 0 Å². The van der Waals surface area contributed by atoms with Gasteiger partial charge in [0.1, 0.15) is 19.3 Å². The second-order valence-corrected chi connectivity index (χ2v) is 5.03. The van der Waals surface area contributed by atoms with Crippen LogP contribution in [0.25, 0.3) is 0 Å². The number of hydrogen-bond acceptors (Lipinski definition) is 6. The second kappa shape index (κ2) is 11.3. The number of unbranched alkanes of at least 4 members (excludes halogenated alkanes) is 3. The minimum absolute atomic E-state index is 0.224. The maximum Gasteiger partial charge on any atom is 0.335 e. The summed E-state index contributed by atoms with van der Waals surface area (Å²) >= 11 is 0. The molecule has 0 saturated carbocycles. The van der Waals surface area contributed by atoms with Crippen LogP contribution < -0.4 is 0 Å². The number of aliphatic hydroxyl groups excluding tert-OH is 2. The van der Waals surface area contributed by atoms with Gasteiger partial charge in [-0.2, -0.15) is 0 Å². The Bertz CT molecular complexity index is 339. The maximum absolute atomic E-state index is 11.5. The highest BCUT2D eigenvalue weighted by Crippen LogP contribution is 2.07. The number of carbonyl (C=O) groups is 2. The van der Waals surface area contributed by atoms with Crippen LogP contribution >= 0.6 is 0 Å². The number of hydrogen-bond donors (Lipinski definition) is 2. The Morgan fingerprint density at radius 2 is 1.71 bits per heavy atom. The summed E-state index contributed by atoms with van der Waals surface area (Å²) in [6.45, 7) is 6.35. The molecule has 0 spiro atoms. The molecule has 0 radical (unpaired) electrons. The Balaban J connectivity index is 3.80. The van der Waals surface area contributed by atoms with E-state index >= 15 is 0 Å². The number of esters is 2. The Kier molecular flexibility index (Phi) is 10.5. The third kappa shape index (κ3) is 10.0. The minimum atomic E-state index is -1.17. The highest BCUT2D eigenvalue weighted by Gasteiger charge is 2.18. The Morgan fingerprint density at radius 3 is 2.29 bits per heavy atom. The second-order valence-electron chi connectivity index (χ2n) is 5.03. The van der Waals surface area contributed by atoms with E-state index < -0.39 is 24.1 Å². The molecule has 2 atom stereocenters. The van der Waals surface area contributed by atoms with Gasteiger partial charge in [-0.3, -0.25) is 0 Å². The molecule has 0 aromatic carbocycles. The van der Waals surface area contributed by atoms with Crippen molar-refractivity contribution >= 4 is 11.9 Å². The zero-order chi connectivity index (χ0) is 16.3. The fourth-order valence-corrected chi connectivity index (χ4v) is 1.50. The predicted octanol–water partition coefficient (Wildman–Crippen LogP) is 1.34. The lowest BCUT2D eigenvalue weighted by Gasteiger charge is -2.14. The molecule has 0 saturated heterocycles. The summed E-state index contributed by atoms with van der Waals surface area (Å²) in [6, 6.07) is 0. The van der Waals surface area contributed by atoms with E-state index in [1.165, 1.54) is 6.92 Å². The SMILES string of the molecule is C=C(C)C(=O)OCC(O)COC(=O)C(O)CCCCCC. The average Bonchev–Trinajstić information content (AvgIpc) is 2.46. The van der Waals surface area contributed by atoms with Crippen LogP contribution in [0.5, 0.6) is 0 Å². The van der Waals surface area contributed by atoms with Crippen LogP contribution in [0.4, 0.5) is 0 Å². The highest BCUT2D eigenvalue weighted by molar-refractivity contribution is 5.86.